The molecular weight excluding hydrogens is 518 g/mol. The molecule has 3 nitrogen and oxygen atoms in total. The molecule has 244 valence electrons. The van der Waals surface area contributed by atoms with Gasteiger partial charge in [-0.25, -0.2) is 0 Å². The van der Waals surface area contributed by atoms with Gasteiger partial charge in [0.2, 0.25) is 0 Å². The minimum Gasteiger partial charge on any atom is -0.0654 e. The van der Waals surface area contributed by atoms with Gasteiger partial charge in [0.1, 0.15) is 0 Å². The molecule has 0 amide bonds. The van der Waals surface area contributed by atoms with Gasteiger partial charge in [0, 0.05) is 0 Å². The average molecular weight is 595 g/mol. The first-order valence-electron chi connectivity index (χ1n) is 19.1. The van der Waals surface area contributed by atoms with Crippen LogP contribution in [0.1, 0.15) is 213 Å². The second-order valence-corrected chi connectivity index (χ2v) is 15.5. The van der Waals surface area contributed by atoms with E-state index in [1.807, 2.05) is 0 Å². The van der Waals surface area contributed by atoms with Crippen LogP contribution < -0.4 is 0 Å². The van der Waals surface area contributed by atoms with E-state index in [1.54, 1.807) is 0 Å². The Labute approximate surface area is 269 Å². The first-order chi connectivity index (χ1) is 20.2. The van der Waals surface area contributed by atoms with Crippen molar-refractivity contribution >= 4 is 23.6 Å². The summed E-state index contributed by atoms with van der Waals surface area (Å²) >= 11 is 2.15. The molecule has 0 rings (SSSR count). The molecule has 41 heavy (non-hydrogen) atoms. The number of hydrogen-bond donors (Lipinski definition) is 0. The Morgan fingerprint density at radius 2 is 0.463 bits per heavy atom. The molecule has 0 aliphatic carbocycles. The molecule has 0 aliphatic heterocycles. The second-order valence-electron chi connectivity index (χ2n) is 13.0. The predicted molar refractivity (Wildman–Crippen MR) is 187 cm³/mol. The van der Waals surface area contributed by atoms with Gasteiger partial charge in [-0.05, 0) is 0 Å². The molecular formula is C36H76LiO3P. The van der Waals surface area contributed by atoms with Crippen LogP contribution in [0, 0.1) is 0 Å². The maximum atomic E-state index is 6.38. The normalized spacial score (nSPS) is 12.4. The Balaban J connectivity index is 4.06. The molecule has 0 saturated carbocycles. The summed E-state index contributed by atoms with van der Waals surface area (Å²) in [4.78, 5) is 0. The maximum absolute atomic E-state index is 6.38. The first kappa shape index (κ1) is 41.9. The van der Waals surface area contributed by atoms with E-state index in [9.17, 15) is 0 Å². The summed E-state index contributed by atoms with van der Waals surface area (Å²) in [6.45, 7) is 9.28. The molecule has 0 radical (unpaired) electrons. The van der Waals surface area contributed by atoms with Gasteiger partial charge in [-0.1, -0.05) is 20.8 Å². The molecule has 0 N–H and O–H groups in total. The fourth-order valence-corrected chi connectivity index (χ4v) is 7.46. The summed E-state index contributed by atoms with van der Waals surface area (Å²) in [7, 11) is 0. The summed E-state index contributed by atoms with van der Waals surface area (Å²) in [6, 6.07) is 0. The minimum atomic E-state index is -2.53. The van der Waals surface area contributed by atoms with Crippen molar-refractivity contribution in [3.05, 3.63) is 0 Å². The molecule has 0 fully saturated rings. The van der Waals surface area contributed by atoms with Crippen molar-refractivity contribution in [2.24, 2.45) is 0 Å². The van der Waals surface area contributed by atoms with Crippen LogP contribution in [0.4, 0.5) is 0 Å². The van der Waals surface area contributed by atoms with Crippen LogP contribution in [0.15, 0.2) is 0 Å². The third-order valence-corrected chi connectivity index (χ3v) is 10.8. The van der Waals surface area contributed by atoms with Gasteiger partial charge in [0.05, 0.1) is 0 Å². The van der Waals surface area contributed by atoms with Crippen molar-refractivity contribution in [2.45, 2.75) is 213 Å². The molecule has 0 aromatic rings. The summed E-state index contributed by atoms with van der Waals surface area (Å²) in [5, 5.41) is 0. The van der Waals surface area contributed by atoms with Crippen LogP contribution in [0.3, 0.4) is 0 Å². The van der Waals surface area contributed by atoms with Crippen molar-refractivity contribution in [3.63, 3.8) is 0 Å². The standard InChI is InChI=1S/C36H76O3P.Li/c1-4-7-10-13-16-19-22-25-28-31-34-37-40(38-35-32-29-26-23-20-17-14-11-8-5-2)39-36-33-30-27-24-21-18-15-12-9-6-3;/h40H,4-36H2,1-3H3;/q+1;-1. The van der Waals surface area contributed by atoms with Gasteiger partial charge in [-0.2, -0.15) is 0 Å². The van der Waals surface area contributed by atoms with Crippen LogP contribution in [-0.2, 0) is 13.6 Å². The zero-order valence-electron chi connectivity index (χ0n) is 29.1. The topological polar surface area (TPSA) is 27.7 Å². The van der Waals surface area contributed by atoms with Crippen molar-refractivity contribution in [2.75, 3.05) is 19.8 Å². The molecule has 5 heteroatoms. The Morgan fingerprint density at radius 3 is 0.659 bits per heavy atom. The summed E-state index contributed by atoms with van der Waals surface area (Å²) in [5.74, 6) is 0. The van der Waals surface area contributed by atoms with Gasteiger partial charge < -0.3 is 0 Å². The Hall–Kier alpha value is 0.907. The molecule has 0 unspecified atom stereocenters. The number of unbranched alkanes of at least 4 members (excludes halogenated alkanes) is 27. The van der Waals surface area contributed by atoms with E-state index in [0.717, 1.165) is 39.1 Å². The third-order valence-electron chi connectivity index (χ3n) is 8.59. The van der Waals surface area contributed by atoms with E-state index in [0.29, 0.717) is 0 Å². The Bertz CT molecular complexity index is 415. The molecule has 0 bridgehead atoms. The molecule has 0 atom stereocenters. The van der Waals surface area contributed by atoms with E-state index in [4.69, 9.17) is 13.6 Å². The van der Waals surface area contributed by atoms with Crippen LogP contribution in [-0.4, -0.2) is 37.1 Å². The van der Waals surface area contributed by atoms with E-state index in [-0.39, 0.29) is 0 Å². The average Bonchev–Trinajstić information content (AvgIpc) is 2.97. The summed E-state index contributed by atoms with van der Waals surface area (Å²) in [6.07, 6.45) is 38.1. The minimum absolute atomic E-state index is 0.801. The van der Waals surface area contributed by atoms with Gasteiger partial charge >= 0.3 is 250 Å². The third kappa shape index (κ3) is 33.6. The molecule has 0 aromatic carbocycles. The molecule has 0 heterocycles. The van der Waals surface area contributed by atoms with Crippen LogP contribution in [0.5, 0.6) is 0 Å². The molecule has 0 aromatic heterocycles. The predicted octanol–water partition coefficient (Wildman–Crippen LogP) is 13.4. The first-order valence-corrected chi connectivity index (χ1v) is 21.3. The van der Waals surface area contributed by atoms with Gasteiger partial charge in [-0.15, -0.1) is 0 Å². The Morgan fingerprint density at radius 1 is 0.293 bits per heavy atom. The van der Waals surface area contributed by atoms with Gasteiger partial charge in [0.25, 0.3) is 0 Å². The fourth-order valence-electron chi connectivity index (χ4n) is 5.67. The summed E-state index contributed by atoms with van der Waals surface area (Å²) < 4.78 is 19.1. The van der Waals surface area contributed by atoms with Crippen molar-refractivity contribution in [1.29, 1.82) is 0 Å². The van der Waals surface area contributed by atoms with E-state index >= 15 is 0 Å². The van der Waals surface area contributed by atoms with E-state index in [1.165, 1.54) is 173 Å². The monoisotopic (exact) mass is 595 g/mol. The number of hydrogen-bond acceptors (Lipinski definition) is 3. The molecule has 0 aliphatic rings. The zero-order valence-corrected chi connectivity index (χ0v) is 30.1. The van der Waals surface area contributed by atoms with Gasteiger partial charge in [0.15, 0.2) is 0 Å². The van der Waals surface area contributed by atoms with Crippen LogP contribution in [0.25, 0.3) is 0 Å². The van der Waals surface area contributed by atoms with Crippen LogP contribution in [0.2, 0.25) is 0 Å². The molecule has 0 saturated heterocycles. The van der Waals surface area contributed by atoms with Crippen molar-refractivity contribution in [3.8, 4) is 0 Å². The summed E-state index contributed by atoms with van der Waals surface area (Å²) in [5.41, 5.74) is 0. The SMILES string of the molecule is [Li][PH](OCCCCCCCCCCCC)(OCCCCCCCCCCCC)OCCCCCCCCCCCC. The quantitative estimate of drug-likeness (QED) is 0.0410. The second kappa shape index (κ2) is 35.4. The Kier molecular flexibility index (Phi) is 36.2. The van der Waals surface area contributed by atoms with E-state index < -0.39 is 6.37 Å². The smallest absolute Gasteiger partial charge is 0.0654 e. The fraction of sp³-hybridized carbons (Fsp3) is 1.00. The molecule has 0 spiro atoms. The van der Waals surface area contributed by atoms with Crippen molar-refractivity contribution in [1.82, 2.24) is 0 Å². The van der Waals surface area contributed by atoms with Crippen molar-refractivity contribution < 1.29 is 13.6 Å². The van der Waals surface area contributed by atoms with E-state index in [2.05, 4.69) is 38.0 Å². The van der Waals surface area contributed by atoms with Crippen LogP contribution >= 0.6 is 6.37 Å². The number of rotatable bonds is 36. The van der Waals surface area contributed by atoms with Gasteiger partial charge in [-0.3, -0.25) is 0 Å². The zero-order chi connectivity index (χ0) is 30.0.